The minimum atomic E-state index is 0.453. The SMILES string of the molecule is CCC#CCn1nnc(-c2ccc3ccccc3n2)n1. The van der Waals surface area contributed by atoms with Crippen LogP contribution in [0, 0.1) is 11.8 Å². The number of tetrazole rings is 1. The summed E-state index contributed by atoms with van der Waals surface area (Å²) < 4.78 is 0. The molecule has 20 heavy (non-hydrogen) atoms. The fourth-order valence-corrected chi connectivity index (χ4v) is 1.85. The topological polar surface area (TPSA) is 56.5 Å². The van der Waals surface area contributed by atoms with E-state index in [1.54, 1.807) is 0 Å². The lowest BCUT2D eigenvalue weighted by molar-refractivity contribution is 0.592. The first kappa shape index (κ1) is 12.3. The second kappa shape index (κ2) is 5.49. The van der Waals surface area contributed by atoms with Gasteiger partial charge in [0, 0.05) is 11.8 Å². The number of para-hydroxylation sites is 1. The average Bonchev–Trinajstić information content (AvgIpc) is 2.96. The predicted octanol–water partition coefficient (Wildman–Crippen LogP) is 2.30. The van der Waals surface area contributed by atoms with E-state index in [1.807, 2.05) is 43.3 Å². The Morgan fingerprint density at radius 1 is 1.10 bits per heavy atom. The van der Waals surface area contributed by atoms with Crippen molar-refractivity contribution in [2.45, 2.75) is 19.9 Å². The van der Waals surface area contributed by atoms with Crippen molar-refractivity contribution in [2.75, 3.05) is 0 Å². The lowest BCUT2D eigenvalue weighted by Crippen LogP contribution is -2.00. The van der Waals surface area contributed by atoms with Crippen molar-refractivity contribution in [1.29, 1.82) is 0 Å². The summed E-state index contributed by atoms with van der Waals surface area (Å²) >= 11 is 0. The third-order valence-electron chi connectivity index (χ3n) is 2.80. The molecule has 0 aliphatic heterocycles. The largest absolute Gasteiger partial charge is 0.244 e. The molecular formula is C15H13N5. The van der Waals surface area contributed by atoms with Gasteiger partial charge in [0.25, 0.3) is 0 Å². The molecule has 0 unspecified atom stereocenters. The molecule has 1 aromatic carbocycles. The monoisotopic (exact) mass is 263 g/mol. The fourth-order valence-electron chi connectivity index (χ4n) is 1.85. The van der Waals surface area contributed by atoms with E-state index < -0.39 is 0 Å². The van der Waals surface area contributed by atoms with Crippen molar-refractivity contribution in [3.63, 3.8) is 0 Å². The van der Waals surface area contributed by atoms with Gasteiger partial charge in [-0.3, -0.25) is 0 Å². The van der Waals surface area contributed by atoms with Gasteiger partial charge in [-0.2, -0.15) is 4.80 Å². The van der Waals surface area contributed by atoms with Crippen LogP contribution in [0.1, 0.15) is 13.3 Å². The van der Waals surface area contributed by atoms with Crippen molar-refractivity contribution in [3.05, 3.63) is 36.4 Å². The molecule has 2 heterocycles. The van der Waals surface area contributed by atoms with Crippen LogP contribution in [-0.4, -0.2) is 25.2 Å². The highest BCUT2D eigenvalue weighted by molar-refractivity contribution is 5.80. The van der Waals surface area contributed by atoms with Crippen LogP contribution >= 0.6 is 0 Å². The predicted molar refractivity (Wildman–Crippen MR) is 76.6 cm³/mol. The van der Waals surface area contributed by atoms with Crippen LogP contribution in [0.4, 0.5) is 0 Å². The maximum absolute atomic E-state index is 4.54. The van der Waals surface area contributed by atoms with Gasteiger partial charge in [0.1, 0.15) is 12.2 Å². The van der Waals surface area contributed by atoms with Gasteiger partial charge in [0.15, 0.2) is 0 Å². The molecule has 0 amide bonds. The first-order valence-corrected chi connectivity index (χ1v) is 6.46. The highest BCUT2D eigenvalue weighted by Crippen LogP contribution is 2.16. The summed E-state index contributed by atoms with van der Waals surface area (Å²) in [7, 11) is 0. The van der Waals surface area contributed by atoms with E-state index >= 15 is 0 Å². The van der Waals surface area contributed by atoms with Gasteiger partial charge in [-0.05, 0) is 17.3 Å². The Kier molecular flexibility index (Phi) is 3.38. The highest BCUT2D eigenvalue weighted by Gasteiger charge is 2.07. The Morgan fingerprint density at radius 3 is 2.90 bits per heavy atom. The van der Waals surface area contributed by atoms with Gasteiger partial charge in [-0.15, -0.1) is 16.1 Å². The number of benzene rings is 1. The first-order valence-electron chi connectivity index (χ1n) is 6.46. The van der Waals surface area contributed by atoms with Crippen LogP contribution in [-0.2, 0) is 6.54 Å². The summed E-state index contributed by atoms with van der Waals surface area (Å²) in [6.07, 6.45) is 0.827. The summed E-state index contributed by atoms with van der Waals surface area (Å²) in [5, 5.41) is 13.4. The van der Waals surface area contributed by atoms with E-state index in [1.165, 1.54) is 4.80 Å². The number of nitrogens with zero attached hydrogens (tertiary/aromatic N) is 5. The summed E-state index contributed by atoms with van der Waals surface area (Å²) in [4.78, 5) is 6.02. The Morgan fingerprint density at radius 2 is 2.00 bits per heavy atom. The van der Waals surface area contributed by atoms with Crippen molar-refractivity contribution in [1.82, 2.24) is 25.2 Å². The van der Waals surface area contributed by atoms with E-state index in [-0.39, 0.29) is 0 Å². The molecule has 0 N–H and O–H groups in total. The number of fused-ring (bicyclic) bond motifs is 1. The van der Waals surface area contributed by atoms with Crippen LogP contribution in [0.25, 0.3) is 22.4 Å². The molecule has 5 heteroatoms. The zero-order chi connectivity index (χ0) is 13.8. The molecule has 3 rings (SSSR count). The van der Waals surface area contributed by atoms with Crippen molar-refractivity contribution in [2.24, 2.45) is 0 Å². The smallest absolute Gasteiger partial charge is 0.223 e. The highest BCUT2D eigenvalue weighted by atomic mass is 15.6. The Balaban J connectivity index is 1.90. The second-order valence-electron chi connectivity index (χ2n) is 4.24. The zero-order valence-electron chi connectivity index (χ0n) is 11.1. The molecule has 0 saturated carbocycles. The lowest BCUT2D eigenvalue weighted by atomic mass is 10.2. The average molecular weight is 263 g/mol. The van der Waals surface area contributed by atoms with Gasteiger partial charge >= 0.3 is 0 Å². The van der Waals surface area contributed by atoms with E-state index in [2.05, 4.69) is 32.2 Å². The van der Waals surface area contributed by atoms with Crippen LogP contribution < -0.4 is 0 Å². The fraction of sp³-hybridized carbons (Fsp3) is 0.200. The van der Waals surface area contributed by atoms with Crippen LogP contribution in [0.15, 0.2) is 36.4 Å². The van der Waals surface area contributed by atoms with E-state index in [4.69, 9.17) is 0 Å². The number of rotatable bonds is 2. The van der Waals surface area contributed by atoms with Crippen molar-refractivity contribution >= 4 is 10.9 Å². The molecule has 0 aliphatic rings. The Bertz CT molecular complexity index is 794. The first-order chi connectivity index (χ1) is 9.86. The molecule has 3 aromatic rings. The number of pyridine rings is 1. The summed E-state index contributed by atoms with van der Waals surface area (Å²) in [5.41, 5.74) is 1.64. The third kappa shape index (κ3) is 2.50. The second-order valence-corrected chi connectivity index (χ2v) is 4.24. The quantitative estimate of drug-likeness (QED) is 0.666. The minimum absolute atomic E-state index is 0.453. The maximum Gasteiger partial charge on any atom is 0.223 e. The number of aromatic nitrogens is 5. The van der Waals surface area contributed by atoms with Crippen LogP contribution in [0.2, 0.25) is 0 Å². The molecule has 0 atom stereocenters. The van der Waals surface area contributed by atoms with E-state index in [0.29, 0.717) is 12.4 Å². The minimum Gasteiger partial charge on any atom is -0.244 e. The normalized spacial score (nSPS) is 10.2. The molecule has 0 aliphatic carbocycles. The summed E-state index contributed by atoms with van der Waals surface area (Å²) in [6, 6.07) is 11.9. The van der Waals surface area contributed by atoms with Crippen LogP contribution in [0.5, 0.6) is 0 Å². The molecule has 0 spiro atoms. The van der Waals surface area contributed by atoms with Crippen LogP contribution in [0.3, 0.4) is 0 Å². The van der Waals surface area contributed by atoms with Gasteiger partial charge in [0.05, 0.1) is 5.52 Å². The molecule has 5 nitrogen and oxygen atoms in total. The van der Waals surface area contributed by atoms with Gasteiger partial charge in [0.2, 0.25) is 5.82 Å². The Labute approximate surface area is 116 Å². The molecule has 98 valence electrons. The number of hydrogen-bond donors (Lipinski definition) is 0. The van der Waals surface area contributed by atoms with Crippen molar-refractivity contribution < 1.29 is 0 Å². The van der Waals surface area contributed by atoms with Gasteiger partial charge in [-0.25, -0.2) is 4.98 Å². The summed E-state index contributed by atoms with van der Waals surface area (Å²) in [5.74, 6) is 6.47. The van der Waals surface area contributed by atoms with Crippen molar-refractivity contribution in [3.8, 4) is 23.4 Å². The Hall–Kier alpha value is -2.74. The molecule has 2 aromatic heterocycles. The molecule has 0 radical (unpaired) electrons. The zero-order valence-corrected chi connectivity index (χ0v) is 11.1. The third-order valence-corrected chi connectivity index (χ3v) is 2.80. The molecule has 0 fully saturated rings. The standard InChI is InChI=1S/C15H13N5/c1-2-3-6-11-20-18-15(17-19-20)14-10-9-12-7-4-5-8-13(12)16-14/h4-5,7-10H,2,11H2,1H3. The molecule has 0 saturated heterocycles. The van der Waals surface area contributed by atoms with E-state index in [9.17, 15) is 0 Å². The lowest BCUT2D eigenvalue weighted by Gasteiger charge is -1.98. The summed E-state index contributed by atoms with van der Waals surface area (Å²) in [6.45, 7) is 2.46. The van der Waals surface area contributed by atoms with Gasteiger partial charge < -0.3 is 0 Å². The molecule has 0 bridgehead atoms. The van der Waals surface area contributed by atoms with E-state index in [0.717, 1.165) is 23.0 Å². The van der Waals surface area contributed by atoms with Gasteiger partial charge in [-0.1, -0.05) is 37.1 Å². The molecular weight excluding hydrogens is 250 g/mol. The number of hydrogen-bond acceptors (Lipinski definition) is 4. The maximum atomic E-state index is 4.54.